The lowest BCUT2D eigenvalue weighted by atomic mass is 10.1. The lowest BCUT2D eigenvalue weighted by Crippen LogP contribution is -2.32. The van der Waals surface area contributed by atoms with Gasteiger partial charge in [-0.1, -0.05) is 6.07 Å². The highest BCUT2D eigenvalue weighted by Crippen LogP contribution is 2.30. The standard InChI is InChI=1S/C22H27N3O4/c1-2-28-20-14-17(13-18(15-23)22(27)25-11-5-6-12-25)7-8-19(20)29-16-21(26)24-9-3-4-10-24/h7-8,13-14H,2-6,9-12,16H2,1H3/b18-13+. The molecule has 2 saturated heterocycles. The smallest absolute Gasteiger partial charge is 0.264 e. The number of nitriles is 1. The molecule has 2 amide bonds. The molecule has 0 atom stereocenters. The number of nitrogens with zero attached hydrogens (tertiary/aromatic N) is 3. The summed E-state index contributed by atoms with van der Waals surface area (Å²) < 4.78 is 11.4. The fourth-order valence-electron chi connectivity index (χ4n) is 3.60. The molecule has 0 bridgehead atoms. The normalized spacial score (nSPS) is 16.6. The average Bonchev–Trinajstić information content (AvgIpc) is 3.45. The fourth-order valence-corrected chi connectivity index (χ4v) is 3.60. The summed E-state index contributed by atoms with van der Waals surface area (Å²) in [6, 6.07) is 7.21. The molecule has 2 aliphatic rings. The lowest BCUT2D eigenvalue weighted by molar-refractivity contribution is -0.132. The molecule has 0 radical (unpaired) electrons. The molecule has 2 heterocycles. The quantitative estimate of drug-likeness (QED) is 0.522. The number of amides is 2. The summed E-state index contributed by atoms with van der Waals surface area (Å²) in [5.41, 5.74) is 0.781. The van der Waals surface area contributed by atoms with Crippen LogP contribution < -0.4 is 9.47 Å². The van der Waals surface area contributed by atoms with Crippen LogP contribution in [0.1, 0.15) is 38.2 Å². The van der Waals surface area contributed by atoms with Gasteiger partial charge in [0.2, 0.25) is 0 Å². The number of hydrogen-bond donors (Lipinski definition) is 0. The highest BCUT2D eigenvalue weighted by Gasteiger charge is 2.22. The van der Waals surface area contributed by atoms with E-state index in [1.807, 2.05) is 13.0 Å². The Kier molecular flexibility index (Phi) is 7.12. The van der Waals surface area contributed by atoms with Crippen LogP contribution in [0.4, 0.5) is 0 Å². The highest BCUT2D eigenvalue weighted by molar-refractivity contribution is 6.01. The maximum absolute atomic E-state index is 12.5. The summed E-state index contributed by atoms with van der Waals surface area (Å²) in [6.45, 7) is 5.21. The molecule has 0 N–H and O–H groups in total. The van der Waals surface area contributed by atoms with E-state index in [4.69, 9.17) is 9.47 Å². The molecule has 0 spiro atoms. The van der Waals surface area contributed by atoms with Gasteiger partial charge >= 0.3 is 0 Å². The van der Waals surface area contributed by atoms with Crippen LogP contribution in [0.25, 0.3) is 6.08 Å². The minimum absolute atomic E-state index is 0.0307. The summed E-state index contributed by atoms with van der Waals surface area (Å²) in [5, 5.41) is 9.43. The van der Waals surface area contributed by atoms with Crippen molar-refractivity contribution in [1.82, 2.24) is 9.80 Å². The summed E-state index contributed by atoms with van der Waals surface area (Å²) in [5.74, 6) is 0.693. The third kappa shape index (κ3) is 5.29. The molecule has 1 aromatic rings. The van der Waals surface area contributed by atoms with E-state index in [1.54, 1.807) is 34.1 Å². The van der Waals surface area contributed by atoms with Gasteiger partial charge in [0.05, 0.1) is 6.61 Å². The molecule has 2 aliphatic heterocycles. The predicted octanol–water partition coefficient (Wildman–Crippen LogP) is 2.62. The fraction of sp³-hybridized carbons (Fsp3) is 0.500. The minimum Gasteiger partial charge on any atom is -0.490 e. The summed E-state index contributed by atoms with van der Waals surface area (Å²) in [6.07, 6.45) is 5.59. The molecule has 7 heteroatoms. The van der Waals surface area contributed by atoms with E-state index in [-0.39, 0.29) is 24.0 Å². The molecular formula is C22H27N3O4. The molecule has 7 nitrogen and oxygen atoms in total. The number of carbonyl (C=O) groups is 2. The van der Waals surface area contributed by atoms with Crippen molar-refractivity contribution in [2.75, 3.05) is 39.4 Å². The van der Waals surface area contributed by atoms with Crippen molar-refractivity contribution in [2.45, 2.75) is 32.6 Å². The second-order valence-corrected chi connectivity index (χ2v) is 7.18. The van der Waals surface area contributed by atoms with Gasteiger partial charge in [0.1, 0.15) is 11.6 Å². The van der Waals surface area contributed by atoms with Crippen LogP contribution in [-0.2, 0) is 9.59 Å². The van der Waals surface area contributed by atoms with Gasteiger partial charge in [0.15, 0.2) is 18.1 Å². The molecular weight excluding hydrogens is 370 g/mol. The summed E-state index contributed by atoms with van der Waals surface area (Å²) in [7, 11) is 0. The van der Waals surface area contributed by atoms with E-state index in [1.165, 1.54) is 0 Å². The van der Waals surface area contributed by atoms with Crippen LogP contribution in [0.3, 0.4) is 0 Å². The third-order valence-electron chi connectivity index (χ3n) is 5.13. The van der Waals surface area contributed by atoms with Gasteiger partial charge in [-0.2, -0.15) is 5.26 Å². The van der Waals surface area contributed by atoms with Crippen molar-refractivity contribution in [3.8, 4) is 17.6 Å². The molecule has 3 rings (SSSR count). The molecule has 0 unspecified atom stereocenters. The number of ether oxygens (including phenoxy) is 2. The summed E-state index contributed by atoms with van der Waals surface area (Å²) >= 11 is 0. The first-order valence-corrected chi connectivity index (χ1v) is 10.2. The van der Waals surface area contributed by atoms with Crippen molar-refractivity contribution < 1.29 is 19.1 Å². The van der Waals surface area contributed by atoms with Gasteiger partial charge in [-0.05, 0) is 56.4 Å². The largest absolute Gasteiger partial charge is 0.490 e. The monoisotopic (exact) mass is 397 g/mol. The van der Waals surface area contributed by atoms with Crippen LogP contribution in [-0.4, -0.2) is 61.0 Å². The molecule has 0 saturated carbocycles. The van der Waals surface area contributed by atoms with Crippen LogP contribution in [0, 0.1) is 11.3 Å². The Morgan fingerprint density at radius 2 is 1.69 bits per heavy atom. The zero-order valence-electron chi connectivity index (χ0n) is 16.9. The predicted molar refractivity (Wildman–Crippen MR) is 108 cm³/mol. The first-order chi connectivity index (χ1) is 14.1. The number of rotatable bonds is 7. The van der Waals surface area contributed by atoms with E-state index in [9.17, 15) is 14.9 Å². The number of benzene rings is 1. The zero-order chi connectivity index (χ0) is 20.6. The average molecular weight is 397 g/mol. The molecule has 0 aliphatic carbocycles. The van der Waals surface area contributed by atoms with Crippen LogP contribution >= 0.6 is 0 Å². The Bertz CT molecular complexity index is 816. The Labute approximate surface area is 171 Å². The van der Waals surface area contributed by atoms with E-state index >= 15 is 0 Å². The maximum Gasteiger partial charge on any atom is 0.264 e. The van der Waals surface area contributed by atoms with Crippen molar-refractivity contribution in [1.29, 1.82) is 5.26 Å². The molecule has 1 aromatic carbocycles. The van der Waals surface area contributed by atoms with Gasteiger partial charge in [-0.25, -0.2) is 0 Å². The highest BCUT2D eigenvalue weighted by atomic mass is 16.5. The second-order valence-electron chi connectivity index (χ2n) is 7.18. The number of hydrogen-bond acceptors (Lipinski definition) is 5. The number of carbonyl (C=O) groups excluding carboxylic acids is 2. The lowest BCUT2D eigenvalue weighted by Gasteiger charge is -2.17. The third-order valence-corrected chi connectivity index (χ3v) is 5.13. The van der Waals surface area contributed by atoms with E-state index in [2.05, 4.69) is 0 Å². The van der Waals surface area contributed by atoms with Gasteiger partial charge in [0, 0.05) is 26.2 Å². The van der Waals surface area contributed by atoms with Gasteiger partial charge < -0.3 is 19.3 Å². The van der Waals surface area contributed by atoms with Gasteiger partial charge in [0.25, 0.3) is 11.8 Å². The van der Waals surface area contributed by atoms with E-state index in [0.717, 1.165) is 38.8 Å². The molecule has 29 heavy (non-hydrogen) atoms. The first-order valence-electron chi connectivity index (χ1n) is 10.2. The molecule has 2 fully saturated rings. The Morgan fingerprint density at radius 1 is 1.03 bits per heavy atom. The second kappa shape index (κ2) is 9.97. The maximum atomic E-state index is 12.5. The van der Waals surface area contributed by atoms with Crippen LogP contribution in [0.5, 0.6) is 11.5 Å². The SMILES string of the molecule is CCOc1cc(/C=C(\C#N)C(=O)N2CCCC2)ccc1OCC(=O)N1CCCC1. The van der Waals surface area contributed by atoms with Crippen molar-refractivity contribution in [2.24, 2.45) is 0 Å². The first kappa shape index (κ1) is 20.7. The van der Waals surface area contributed by atoms with E-state index in [0.29, 0.717) is 36.8 Å². The number of likely N-dealkylation sites (tertiary alicyclic amines) is 2. The van der Waals surface area contributed by atoms with Crippen LogP contribution in [0.2, 0.25) is 0 Å². The van der Waals surface area contributed by atoms with Crippen LogP contribution in [0.15, 0.2) is 23.8 Å². The summed E-state index contributed by atoms with van der Waals surface area (Å²) in [4.78, 5) is 28.2. The van der Waals surface area contributed by atoms with E-state index < -0.39 is 0 Å². The van der Waals surface area contributed by atoms with Crippen molar-refractivity contribution in [3.63, 3.8) is 0 Å². The van der Waals surface area contributed by atoms with Gasteiger partial charge in [-0.3, -0.25) is 9.59 Å². The molecule has 154 valence electrons. The minimum atomic E-state index is -0.237. The zero-order valence-corrected chi connectivity index (χ0v) is 16.9. The Morgan fingerprint density at radius 3 is 2.31 bits per heavy atom. The Balaban J connectivity index is 1.73. The molecule has 0 aromatic heterocycles. The van der Waals surface area contributed by atoms with Crippen molar-refractivity contribution in [3.05, 3.63) is 29.3 Å². The van der Waals surface area contributed by atoms with Gasteiger partial charge in [-0.15, -0.1) is 0 Å². The van der Waals surface area contributed by atoms with Crippen molar-refractivity contribution >= 4 is 17.9 Å². The topological polar surface area (TPSA) is 82.9 Å². The Hall–Kier alpha value is -3.01.